The Labute approximate surface area is 145 Å². The number of hydrogen-bond donors (Lipinski definition) is 1. The highest BCUT2D eigenvalue weighted by Gasteiger charge is 2.09. The van der Waals surface area contributed by atoms with Crippen LogP contribution in [0.5, 0.6) is 5.75 Å². The van der Waals surface area contributed by atoms with Gasteiger partial charge in [-0.25, -0.2) is 4.39 Å². The molecule has 126 valence electrons. The van der Waals surface area contributed by atoms with Crippen LogP contribution in [0.2, 0.25) is 0 Å². The van der Waals surface area contributed by atoms with E-state index in [1.165, 1.54) is 12.1 Å². The van der Waals surface area contributed by atoms with Crippen LogP contribution in [0.25, 0.3) is 21.9 Å². The topological polar surface area (TPSA) is 34.4 Å². The molecule has 1 heterocycles. The summed E-state index contributed by atoms with van der Waals surface area (Å²) < 4.78 is 25.0. The molecule has 0 amide bonds. The van der Waals surface area contributed by atoms with Crippen LogP contribution in [0.15, 0.2) is 65.1 Å². The van der Waals surface area contributed by atoms with E-state index in [1.807, 2.05) is 49.4 Å². The minimum absolute atomic E-state index is 0.265. The Bertz CT molecular complexity index is 1040. The third kappa shape index (κ3) is 3.03. The molecular formula is C21H18FNO2. The van der Waals surface area contributed by atoms with Gasteiger partial charge in [-0.05, 0) is 49.4 Å². The summed E-state index contributed by atoms with van der Waals surface area (Å²) in [5.41, 5.74) is 3.48. The number of benzene rings is 3. The van der Waals surface area contributed by atoms with E-state index in [1.54, 1.807) is 6.07 Å². The molecule has 0 saturated heterocycles. The van der Waals surface area contributed by atoms with E-state index in [4.69, 9.17) is 9.15 Å². The van der Waals surface area contributed by atoms with Crippen molar-refractivity contribution >= 4 is 27.6 Å². The molecular weight excluding hydrogens is 317 g/mol. The van der Waals surface area contributed by atoms with Crippen molar-refractivity contribution in [1.29, 1.82) is 0 Å². The van der Waals surface area contributed by atoms with Crippen LogP contribution in [0.4, 0.5) is 10.1 Å². The lowest BCUT2D eigenvalue weighted by atomic mass is 10.1. The molecule has 4 aromatic rings. The number of furan rings is 1. The first kappa shape index (κ1) is 15.5. The van der Waals surface area contributed by atoms with E-state index in [2.05, 4.69) is 5.32 Å². The van der Waals surface area contributed by atoms with Gasteiger partial charge in [0, 0.05) is 28.6 Å². The molecule has 0 aliphatic carbocycles. The molecule has 0 atom stereocenters. The highest BCUT2D eigenvalue weighted by atomic mass is 19.1. The van der Waals surface area contributed by atoms with Gasteiger partial charge in [-0.3, -0.25) is 0 Å². The number of ether oxygens (including phenoxy) is 1. The van der Waals surface area contributed by atoms with Gasteiger partial charge in [0.1, 0.15) is 22.7 Å². The van der Waals surface area contributed by atoms with Crippen molar-refractivity contribution in [1.82, 2.24) is 0 Å². The molecule has 25 heavy (non-hydrogen) atoms. The van der Waals surface area contributed by atoms with E-state index >= 15 is 0 Å². The molecule has 3 aromatic carbocycles. The highest BCUT2D eigenvalue weighted by Crippen LogP contribution is 2.31. The molecule has 0 fully saturated rings. The molecule has 0 aliphatic rings. The van der Waals surface area contributed by atoms with Crippen molar-refractivity contribution in [3.63, 3.8) is 0 Å². The van der Waals surface area contributed by atoms with E-state index < -0.39 is 0 Å². The summed E-state index contributed by atoms with van der Waals surface area (Å²) >= 11 is 0. The van der Waals surface area contributed by atoms with Gasteiger partial charge in [-0.2, -0.15) is 0 Å². The average molecular weight is 335 g/mol. The van der Waals surface area contributed by atoms with E-state index in [-0.39, 0.29) is 5.82 Å². The Morgan fingerprint density at radius 2 is 1.72 bits per heavy atom. The molecule has 0 spiro atoms. The molecule has 0 bridgehead atoms. The first-order chi connectivity index (χ1) is 12.2. The van der Waals surface area contributed by atoms with Crippen LogP contribution in [0.3, 0.4) is 0 Å². The summed E-state index contributed by atoms with van der Waals surface area (Å²) in [7, 11) is 0. The lowest BCUT2D eigenvalue weighted by molar-refractivity contribution is 0.337. The molecule has 0 radical (unpaired) electrons. The minimum Gasteiger partial charge on any atom is -0.494 e. The Morgan fingerprint density at radius 1 is 0.960 bits per heavy atom. The summed E-state index contributed by atoms with van der Waals surface area (Å²) in [6, 6.07) is 18.4. The summed E-state index contributed by atoms with van der Waals surface area (Å²) in [5, 5.41) is 5.09. The normalized spacial score (nSPS) is 11.1. The summed E-state index contributed by atoms with van der Waals surface area (Å²) in [6.07, 6.45) is 0. The second kappa shape index (κ2) is 6.48. The third-order valence-corrected chi connectivity index (χ3v) is 4.19. The zero-order chi connectivity index (χ0) is 17.2. The first-order valence-electron chi connectivity index (χ1n) is 8.31. The first-order valence-corrected chi connectivity index (χ1v) is 8.31. The number of anilines is 1. The maximum Gasteiger partial charge on any atom is 0.135 e. The predicted molar refractivity (Wildman–Crippen MR) is 98.6 cm³/mol. The lowest BCUT2D eigenvalue weighted by Gasteiger charge is -2.11. The fourth-order valence-corrected chi connectivity index (χ4v) is 3.00. The Morgan fingerprint density at radius 3 is 2.56 bits per heavy atom. The van der Waals surface area contributed by atoms with Crippen LogP contribution < -0.4 is 10.1 Å². The highest BCUT2D eigenvalue weighted by molar-refractivity contribution is 6.05. The van der Waals surface area contributed by atoms with Crippen LogP contribution in [0, 0.1) is 5.82 Å². The van der Waals surface area contributed by atoms with Crippen molar-refractivity contribution in [3.8, 4) is 5.75 Å². The van der Waals surface area contributed by atoms with Crippen molar-refractivity contribution in [2.45, 2.75) is 13.5 Å². The molecule has 4 rings (SSSR count). The Hall–Kier alpha value is -3.01. The van der Waals surface area contributed by atoms with Gasteiger partial charge in [0.25, 0.3) is 0 Å². The number of fused-ring (bicyclic) bond motifs is 3. The molecule has 1 N–H and O–H groups in total. The largest absolute Gasteiger partial charge is 0.494 e. The van der Waals surface area contributed by atoms with Crippen LogP contribution in [-0.4, -0.2) is 6.61 Å². The van der Waals surface area contributed by atoms with Crippen molar-refractivity contribution < 1.29 is 13.5 Å². The van der Waals surface area contributed by atoms with Crippen molar-refractivity contribution in [3.05, 3.63) is 72.0 Å². The van der Waals surface area contributed by atoms with Crippen LogP contribution in [0.1, 0.15) is 12.5 Å². The summed E-state index contributed by atoms with van der Waals surface area (Å²) in [6.45, 7) is 3.25. The van der Waals surface area contributed by atoms with Gasteiger partial charge in [0.15, 0.2) is 0 Å². The molecule has 1 aromatic heterocycles. The Kier molecular flexibility index (Phi) is 4.02. The number of nitrogens with one attached hydrogen (secondary N) is 1. The fraction of sp³-hybridized carbons (Fsp3) is 0.143. The maximum absolute atomic E-state index is 13.6. The number of halogens is 1. The quantitative estimate of drug-likeness (QED) is 0.505. The van der Waals surface area contributed by atoms with E-state index in [0.29, 0.717) is 18.7 Å². The third-order valence-electron chi connectivity index (χ3n) is 4.19. The zero-order valence-electron chi connectivity index (χ0n) is 13.9. The fourth-order valence-electron chi connectivity index (χ4n) is 3.00. The SMILES string of the molecule is CCOc1ccccc1CNc1ccc2oc3ccc(F)cc3c2c1. The number of hydrogen-bond acceptors (Lipinski definition) is 3. The number of rotatable bonds is 5. The number of para-hydroxylation sites is 1. The smallest absolute Gasteiger partial charge is 0.135 e. The van der Waals surface area contributed by atoms with Crippen LogP contribution >= 0.6 is 0 Å². The van der Waals surface area contributed by atoms with Gasteiger partial charge < -0.3 is 14.5 Å². The van der Waals surface area contributed by atoms with E-state index in [9.17, 15) is 4.39 Å². The van der Waals surface area contributed by atoms with Gasteiger partial charge in [-0.1, -0.05) is 18.2 Å². The molecule has 0 unspecified atom stereocenters. The monoisotopic (exact) mass is 335 g/mol. The maximum atomic E-state index is 13.6. The van der Waals surface area contributed by atoms with Gasteiger partial charge in [-0.15, -0.1) is 0 Å². The van der Waals surface area contributed by atoms with Gasteiger partial charge >= 0.3 is 0 Å². The molecule has 0 saturated carbocycles. The van der Waals surface area contributed by atoms with Gasteiger partial charge in [0.2, 0.25) is 0 Å². The zero-order valence-corrected chi connectivity index (χ0v) is 13.9. The molecule has 0 aliphatic heterocycles. The second-order valence-corrected chi connectivity index (χ2v) is 5.85. The standard InChI is InChI=1S/C21H18FNO2/c1-2-24-19-6-4-3-5-14(19)13-23-16-8-10-21-18(12-16)17-11-15(22)7-9-20(17)25-21/h3-12,23H,2,13H2,1H3. The Balaban J connectivity index is 1.64. The second-order valence-electron chi connectivity index (χ2n) is 5.85. The van der Waals surface area contributed by atoms with Crippen molar-refractivity contribution in [2.24, 2.45) is 0 Å². The lowest BCUT2D eigenvalue weighted by Crippen LogP contribution is -2.03. The molecule has 4 heteroatoms. The molecule has 3 nitrogen and oxygen atoms in total. The predicted octanol–water partition coefficient (Wildman–Crippen LogP) is 5.74. The minimum atomic E-state index is -0.265. The average Bonchev–Trinajstić information content (AvgIpc) is 2.98. The van der Waals surface area contributed by atoms with Crippen LogP contribution in [-0.2, 0) is 6.54 Å². The van der Waals surface area contributed by atoms with Gasteiger partial charge in [0.05, 0.1) is 6.61 Å². The van der Waals surface area contributed by atoms with Crippen molar-refractivity contribution in [2.75, 3.05) is 11.9 Å². The van der Waals surface area contributed by atoms with E-state index in [0.717, 1.165) is 33.4 Å². The summed E-state index contributed by atoms with van der Waals surface area (Å²) in [4.78, 5) is 0. The summed E-state index contributed by atoms with van der Waals surface area (Å²) in [5.74, 6) is 0.619.